The van der Waals surface area contributed by atoms with E-state index in [-0.39, 0.29) is 32.2 Å². The van der Waals surface area contributed by atoms with Crippen LogP contribution >= 0.6 is 0 Å². The number of carboxylic acids is 1. The van der Waals surface area contributed by atoms with Gasteiger partial charge in [0.1, 0.15) is 13.2 Å². The van der Waals surface area contributed by atoms with Gasteiger partial charge in [-0.05, 0) is 57.8 Å². The molecule has 0 saturated heterocycles. The number of likely N-dealkylation sites (N-methyl/N-ethyl adjacent to an activating group) is 1. The maximum Gasteiger partial charge on any atom is 0.306 e. The SMILES string of the molecule is CC/C=C\C/C=C\C/C=C\C/C=C\C/C=C\CCCCCCCCCCCCCC(=O)OC(COC(=O)CCCCCCCCCCCCCCCCCCCCCCCCCCCC)COC(OCC[N+](C)(C)C)C(=O)[O-]. The monoisotopic (exact) mass is 1100 g/mol. The van der Waals surface area contributed by atoms with Gasteiger partial charge in [0.05, 0.1) is 40.3 Å². The molecule has 0 aliphatic rings. The zero-order valence-corrected chi connectivity index (χ0v) is 51.8. The predicted octanol–water partition coefficient (Wildman–Crippen LogP) is 18.6. The molecule has 0 radical (unpaired) electrons. The van der Waals surface area contributed by atoms with Crippen LogP contribution in [0.2, 0.25) is 0 Å². The van der Waals surface area contributed by atoms with Crippen LogP contribution in [0.5, 0.6) is 0 Å². The molecule has 0 N–H and O–H groups in total. The second kappa shape index (κ2) is 60.1. The van der Waals surface area contributed by atoms with E-state index in [1.54, 1.807) is 0 Å². The lowest BCUT2D eigenvalue weighted by atomic mass is 10.0. The van der Waals surface area contributed by atoms with Crippen molar-refractivity contribution < 1.29 is 42.9 Å². The highest BCUT2D eigenvalue weighted by atomic mass is 16.7. The Morgan fingerprint density at radius 3 is 1.09 bits per heavy atom. The van der Waals surface area contributed by atoms with Gasteiger partial charge in [0.2, 0.25) is 0 Å². The number of quaternary nitrogens is 1. The molecular weight excluding hydrogens is 971 g/mol. The molecule has 0 aromatic carbocycles. The number of allylic oxidation sites excluding steroid dienone is 10. The van der Waals surface area contributed by atoms with E-state index in [1.165, 1.54) is 193 Å². The van der Waals surface area contributed by atoms with E-state index in [0.717, 1.165) is 77.0 Å². The van der Waals surface area contributed by atoms with E-state index < -0.39 is 24.3 Å². The summed E-state index contributed by atoms with van der Waals surface area (Å²) in [6.07, 6.45) is 74.3. The molecule has 78 heavy (non-hydrogen) atoms. The molecule has 9 heteroatoms. The van der Waals surface area contributed by atoms with Gasteiger partial charge in [-0.3, -0.25) is 9.59 Å². The summed E-state index contributed by atoms with van der Waals surface area (Å²) in [4.78, 5) is 37.4. The largest absolute Gasteiger partial charge is 0.545 e. The normalized spacial score (nSPS) is 13.1. The molecule has 0 aliphatic carbocycles. The summed E-state index contributed by atoms with van der Waals surface area (Å²) >= 11 is 0. The number of carbonyl (C=O) groups is 3. The van der Waals surface area contributed by atoms with Crippen LogP contribution in [-0.4, -0.2) is 82.3 Å². The molecule has 0 saturated carbocycles. The number of nitrogens with zero attached hydrogens (tertiary/aromatic N) is 1. The van der Waals surface area contributed by atoms with Crippen LogP contribution in [0.4, 0.5) is 0 Å². The quantitative estimate of drug-likeness (QED) is 0.0195. The minimum Gasteiger partial charge on any atom is -0.545 e. The standard InChI is InChI=1S/C69H125NO8/c1-6-8-10-12-14-16-18-20-22-24-26-28-30-32-34-36-38-40-42-44-46-48-50-52-54-56-58-60-67(72)78-65(64-77-69(68(73)74)75-62-61-70(3,4)5)63-76-66(71)59-57-55-53-51-49-47-45-43-41-39-37-35-33-31-29-27-25-23-21-19-17-15-13-11-9-7-2/h8,10,14,16,20,22,26,28,32,34,65,69H,6-7,9,11-13,15,17-19,21,23-25,27,29-31,33,35-64H2,1-5H3/b10-8-,16-14-,22-20-,28-26-,34-32-. The highest BCUT2D eigenvalue weighted by molar-refractivity contribution is 5.70. The molecule has 0 aromatic rings. The fourth-order valence-electron chi connectivity index (χ4n) is 9.51. The van der Waals surface area contributed by atoms with Crippen molar-refractivity contribution in [1.29, 1.82) is 0 Å². The van der Waals surface area contributed by atoms with Gasteiger partial charge >= 0.3 is 11.9 Å². The van der Waals surface area contributed by atoms with Crippen molar-refractivity contribution in [1.82, 2.24) is 0 Å². The number of hydrogen-bond donors (Lipinski definition) is 0. The second-order valence-corrected chi connectivity index (χ2v) is 23.4. The van der Waals surface area contributed by atoms with Crippen molar-refractivity contribution in [2.45, 2.75) is 315 Å². The fraction of sp³-hybridized carbons (Fsp3) is 0.812. The molecule has 0 aromatic heterocycles. The van der Waals surface area contributed by atoms with Crippen LogP contribution < -0.4 is 5.11 Å². The van der Waals surface area contributed by atoms with Crippen molar-refractivity contribution in [3.8, 4) is 0 Å². The number of carbonyl (C=O) groups excluding carboxylic acids is 3. The third-order valence-corrected chi connectivity index (χ3v) is 14.5. The number of rotatable bonds is 61. The molecular formula is C69H125NO8. The lowest BCUT2D eigenvalue weighted by molar-refractivity contribution is -0.870. The number of aliphatic carboxylic acids is 1. The van der Waals surface area contributed by atoms with Gasteiger partial charge in [0, 0.05) is 12.8 Å². The molecule has 0 aliphatic heterocycles. The van der Waals surface area contributed by atoms with E-state index in [1.807, 2.05) is 21.1 Å². The van der Waals surface area contributed by atoms with Crippen molar-refractivity contribution in [3.63, 3.8) is 0 Å². The molecule has 2 unspecified atom stereocenters. The van der Waals surface area contributed by atoms with Crippen molar-refractivity contribution in [2.24, 2.45) is 0 Å². The average molecular weight is 1100 g/mol. The Bertz CT molecular complexity index is 1460. The van der Waals surface area contributed by atoms with Crippen molar-refractivity contribution in [3.05, 3.63) is 60.8 Å². The first-order chi connectivity index (χ1) is 38.1. The minimum absolute atomic E-state index is 0.147. The topological polar surface area (TPSA) is 111 Å². The highest BCUT2D eigenvalue weighted by Gasteiger charge is 2.22. The van der Waals surface area contributed by atoms with Crippen molar-refractivity contribution in [2.75, 3.05) is 47.5 Å². The Hall–Kier alpha value is -3.01. The summed E-state index contributed by atoms with van der Waals surface area (Å²) in [5, 5.41) is 11.8. The van der Waals surface area contributed by atoms with E-state index in [4.69, 9.17) is 18.9 Å². The predicted molar refractivity (Wildman–Crippen MR) is 329 cm³/mol. The Balaban J connectivity index is 4.15. The number of ether oxygens (including phenoxy) is 4. The summed E-state index contributed by atoms with van der Waals surface area (Å²) in [6, 6.07) is 0. The summed E-state index contributed by atoms with van der Waals surface area (Å²) in [7, 11) is 5.93. The van der Waals surface area contributed by atoms with Crippen LogP contribution in [0.3, 0.4) is 0 Å². The Morgan fingerprint density at radius 1 is 0.397 bits per heavy atom. The lowest BCUT2D eigenvalue weighted by Gasteiger charge is -2.26. The molecule has 0 spiro atoms. The summed E-state index contributed by atoms with van der Waals surface area (Å²) in [6.45, 7) is 4.68. The first kappa shape index (κ1) is 75.0. The molecule has 0 bridgehead atoms. The Morgan fingerprint density at radius 2 is 0.731 bits per heavy atom. The second-order valence-electron chi connectivity index (χ2n) is 23.4. The summed E-state index contributed by atoms with van der Waals surface area (Å²) < 4.78 is 22.8. The molecule has 2 atom stereocenters. The number of esters is 2. The van der Waals surface area contributed by atoms with Crippen LogP contribution in [0.25, 0.3) is 0 Å². The van der Waals surface area contributed by atoms with Gasteiger partial charge in [-0.1, -0.05) is 293 Å². The molecule has 0 fully saturated rings. The zero-order valence-electron chi connectivity index (χ0n) is 51.8. The molecule has 0 rings (SSSR count). The Labute approximate surface area is 482 Å². The first-order valence-electron chi connectivity index (χ1n) is 32.9. The number of carboxylic acid groups (broad SMARTS) is 1. The van der Waals surface area contributed by atoms with E-state index >= 15 is 0 Å². The smallest absolute Gasteiger partial charge is 0.306 e. The van der Waals surface area contributed by atoms with E-state index in [0.29, 0.717) is 23.9 Å². The Kier molecular flexibility index (Phi) is 57.8. The fourth-order valence-corrected chi connectivity index (χ4v) is 9.51. The highest BCUT2D eigenvalue weighted by Crippen LogP contribution is 2.18. The van der Waals surface area contributed by atoms with Gasteiger partial charge in [-0.25, -0.2) is 0 Å². The van der Waals surface area contributed by atoms with E-state index in [9.17, 15) is 19.5 Å². The molecule has 0 heterocycles. The van der Waals surface area contributed by atoms with Gasteiger partial charge in [0.15, 0.2) is 12.4 Å². The van der Waals surface area contributed by atoms with Crippen molar-refractivity contribution >= 4 is 17.9 Å². The van der Waals surface area contributed by atoms with Crippen LogP contribution in [-0.2, 0) is 33.3 Å². The van der Waals surface area contributed by atoms with Gasteiger partial charge in [-0.2, -0.15) is 0 Å². The first-order valence-corrected chi connectivity index (χ1v) is 32.9. The third-order valence-electron chi connectivity index (χ3n) is 14.5. The van der Waals surface area contributed by atoms with Gasteiger partial charge in [0.25, 0.3) is 0 Å². The number of unbranched alkanes of at least 4 members (excludes halogenated alkanes) is 36. The summed E-state index contributed by atoms with van der Waals surface area (Å²) in [5.74, 6) is -2.27. The molecule has 0 amide bonds. The van der Waals surface area contributed by atoms with Crippen LogP contribution in [0.15, 0.2) is 60.8 Å². The van der Waals surface area contributed by atoms with Gasteiger partial charge < -0.3 is 33.3 Å². The minimum atomic E-state index is -1.62. The van der Waals surface area contributed by atoms with E-state index in [2.05, 4.69) is 74.6 Å². The van der Waals surface area contributed by atoms with Crippen LogP contribution in [0.1, 0.15) is 303 Å². The molecule has 9 nitrogen and oxygen atoms in total. The van der Waals surface area contributed by atoms with Crippen LogP contribution in [0, 0.1) is 0 Å². The maximum absolute atomic E-state index is 12.9. The maximum atomic E-state index is 12.9. The zero-order chi connectivity index (χ0) is 56.9. The average Bonchev–Trinajstić information content (AvgIpc) is 3.41. The molecule has 454 valence electrons. The number of hydrogen-bond acceptors (Lipinski definition) is 8. The lowest BCUT2D eigenvalue weighted by Crippen LogP contribution is -2.44. The summed E-state index contributed by atoms with van der Waals surface area (Å²) in [5.41, 5.74) is 0. The third kappa shape index (κ3) is 60.6. The van der Waals surface area contributed by atoms with Gasteiger partial charge in [-0.15, -0.1) is 0 Å².